The molecule has 0 saturated carbocycles. The molecule has 0 bridgehead atoms. The Balaban J connectivity index is 1.67. The minimum absolute atomic E-state index is 0.0362. The van der Waals surface area contributed by atoms with E-state index in [1.165, 1.54) is 18.9 Å². The van der Waals surface area contributed by atoms with Gasteiger partial charge < -0.3 is 10.1 Å². The van der Waals surface area contributed by atoms with E-state index in [1.807, 2.05) is 0 Å². The number of carbonyl (C=O) groups excluding carboxylic acids is 3. The van der Waals surface area contributed by atoms with Crippen LogP contribution < -0.4 is 5.32 Å². The molecule has 2 amide bonds. The molecular weight excluding hydrogens is 318 g/mol. The fourth-order valence-corrected chi connectivity index (χ4v) is 3.65. The molecule has 8 heteroatoms. The molecule has 1 atom stereocenters. The van der Waals surface area contributed by atoms with Crippen LogP contribution in [0.5, 0.6) is 0 Å². The molecule has 7 nitrogen and oxygen atoms in total. The fourth-order valence-electron chi connectivity index (χ4n) is 2.46. The van der Waals surface area contributed by atoms with Gasteiger partial charge in [-0.3, -0.25) is 19.5 Å². The Labute approximate surface area is 137 Å². The SMILES string of the molecule is COC(=O)c1ccccc1NC(=O)C[C@H]1SC2=NCCN2C1=O. The van der Waals surface area contributed by atoms with Gasteiger partial charge in [0.05, 0.1) is 24.9 Å². The molecule has 0 radical (unpaired) electrons. The molecule has 2 aliphatic rings. The number of benzene rings is 1. The number of rotatable bonds is 4. The number of anilines is 1. The van der Waals surface area contributed by atoms with Crippen LogP contribution in [0.15, 0.2) is 29.3 Å². The highest BCUT2D eigenvalue weighted by Gasteiger charge is 2.40. The lowest BCUT2D eigenvalue weighted by Crippen LogP contribution is -2.32. The molecule has 1 fully saturated rings. The van der Waals surface area contributed by atoms with Crippen molar-refractivity contribution in [2.24, 2.45) is 4.99 Å². The summed E-state index contributed by atoms with van der Waals surface area (Å²) in [6.07, 6.45) is 0.0362. The topological polar surface area (TPSA) is 88.1 Å². The third-order valence-electron chi connectivity index (χ3n) is 3.57. The van der Waals surface area contributed by atoms with Crippen molar-refractivity contribution in [1.29, 1.82) is 0 Å². The summed E-state index contributed by atoms with van der Waals surface area (Å²) in [5.74, 6) is -0.932. The van der Waals surface area contributed by atoms with Crippen LogP contribution in [0, 0.1) is 0 Å². The van der Waals surface area contributed by atoms with Gasteiger partial charge in [-0.1, -0.05) is 23.9 Å². The van der Waals surface area contributed by atoms with Crippen LogP contribution in [-0.4, -0.2) is 53.3 Å². The molecule has 0 unspecified atom stereocenters. The van der Waals surface area contributed by atoms with Gasteiger partial charge >= 0.3 is 5.97 Å². The van der Waals surface area contributed by atoms with Crippen molar-refractivity contribution in [1.82, 2.24) is 4.90 Å². The number of ether oxygens (including phenoxy) is 1. The molecule has 0 spiro atoms. The lowest BCUT2D eigenvalue weighted by atomic mass is 10.1. The van der Waals surface area contributed by atoms with Gasteiger partial charge in [0.2, 0.25) is 11.8 Å². The second-order valence-corrected chi connectivity index (χ2v) is 6.22. The number of amidine groups is 1. The number of thioether (sulfide) groups is 1. The maximum Gasteiger partial charge on any atom is 0.339 e. The Morgan fingerprint density at radius 2 is 2.22 bits per heavy atom. The van der Waals surface area contributed by atoms with E-state index in [1.54, 1.807) is 29.2 Å². The Hall–Kier alpha value is -2.35. The quantitative estimate of drug-likeness (QED) is 0.834. The van der Waals surface area contributed by atoms with E-state index >= 15 is 0 Å². The van der Waals surface area contributed by atoms with E-state index in [2.05, 4.69) is 15.0 Å². The minimum atomic E-state index is -0.526. The number of amides is 2. The number of carbonyl (C=O) groups is 3. The molecule has 1 N–H and O–H groups in total. The van der Waals surface area contributed by atoms with Crippen LogP contribution in [0.4, 0.5) is 5.69 Å². The summed E-state index contributed by atoms with van der Waals surface area (Å²) in [6.45, 7) is 1.21. The third-order valence-corrected chi connectivity index (χ3v) is 4.78. The summed E-state index contributed by atoms with van der Waals surface area (Å²) in [6, 6.07) is 6.59. The maximum absolute atomic E-state index is 12.2. The molecule has 1 aromatic carbocycles. The normalized spacial score (nSPS) is 19.3. The number of methoxy groups -OCH3 is 1. The van der Waals surface area contributed by atoms with Crippen molar-refractivity contribution in [2.75, 3.05) is 25.5 Å². The molecule has 0 aromatic heterocycles. The van der Waals surface area contributed by atoms with Crippen LogP contribution in [-0.2, 0) is 14.3 Å². The van der Waals surface area contributed by atoms with Crippen molar-refractivity contribution in [2.45, 2.75) is 11.7 Å². The van der Waals surface area contributed by atoms with Crippen LogP contribution in [0.2, 0.25) is 0 Å². The molecular formula is C15H15N3O4S. The van der Waals surface area contributed by atoms with Gasteiger partial charge in [-0.2, -0.15) is 0 Å². The Bertz CT molecular complexity index is 704. The molecule has 2 aliphatic heterocycles. The number of para-hydroxylation sites is 1. The van der Waals surface area contributed by atoms with E-state index in [9.17, 15) is 14.4 Å². The monoisotopic (exact) mass is 333 g/mol. The predicted molar refractivity (Wildman–Crippen MR) is 86.4 cm³/mol. The zero-order valence-electron chi connectivity index (χ0n) is 12.4. The van der Waals surface area contributed by atoms with Gasteiger partial charge in [-0.05, 0) is 12.1 Å². The molecule has 3 rings (SSSR count). The molecule has 0 aliphatic carbocycles. The number of hydrogen-bond donors (Lipinski definition) is 1. The van der Waals surface area contributed by atoms with E-state index in [0.29, 0.717) is 23.9 Å². The van der Waals surface area contributed by atoms with Crippen molar-refractivity contribution in [3.63, 3.8) is 0 Å². The predicted octanol–water partition coefficient (Wildman–Crippen LogP) is 1.12. The van der Waals surface area contributed by atoms with Crippen LogP contribution >= 0.6 is 11.8 Å². The Morgan fingerprint density at radius 1 is 1.43 bits per heavy atom. The van der Waals surface area contributed by atoms with E-state index < -0.39 is 11.2 Å². The van der Waals surface area contributed by atoms with E-state index in [0.717, 1.165) is 0 Å². The first-order chi connectivity index (χ1) is 11.1. The zero-order valence-corrected chi connectivity index (χ0v) is 13.3. The zero-order chi connectivity index (χ0) is 16.4. The van der Waals surface area contributed by atoms with Gasteiger partial charge in [0.1, 0.15) is 5.25 Å². The highest BCUT2D eigenvalue weighted by atomic mass is 32.2. The van der Waals surface area contributed by atoms with Crippen molar-refractivity contribution < 1.29 is 19.1 Å². The van der Waals surface area contributed by atoms with Gasteiger partial charge in [-0.25, -0.2) is 4.79 Å². The second kappa shape index (κ2) is 6.41. The first-order valence-corrected chi connectivity index (χ1v) is 7.98. The van der Waals surface area contributed by atoms with E-state index in [-0.39, 0.29) is 23.8 Å². The Kier molecular flexibility index (Phi) is 4.33. The summed E-state index contributed by atoms with van der Waals surface area (Å²) < 4.78 is 4.69. The molecule has 120 valence electrons. The van der Waals surface area contributed by atoms with Crippen molar-refractivity contribution in [3.8, 4) is 0 Å². The van der Waals surface area contributed by atoms with Crippen LogP contribution in [0.3, 0.4) is 0 Å². The highest BCUT2D eigenvalue weighted by molar-refractivity contribution is 8.15. The second-order valence-electron chi connectivity index (χ2n) is 5.05. The number of nitrogens with one attached hydrogen (secondary N) is 1. The summed E-state index contributed by atoms with van der Waals surface area (Å²) in [5, 5.41) is 2.91. The van der Waals surface area contributed by atoms with Crippen LogP contribution in [0.1, 0.15) is 16.8 Å². The highest BCUT2D eigenvalue weighted by Crippen LogP contribution is 2.31. The van der Waals surface area contributed by atoms with E-state index in [4.69, 9.17) is 0 Å². The Morgan fingerprint density at radius 3 is 2.96 bits per heavy atom. The lowest BCUT2D eigenvalue weighted by Gasteiger charge is -2.12. The molecule has 23 heavy (non-hydrogen) atoms. The van der Waals surface area contributed by atoms with Crippen molar-refractivity contribution in [3.05, 3.63) is 29.8 Å². The number of fused-ring (bicyclic) bond motifs is 1. The molecule has 1 aromatic rings. The molecule has 1 saturated heterocycles. The number of hydrogen-bond acceptors (Lipinski definition) is 6. The average molecular weight is 333 g/mol. The van der Waals surface area contributed by atoms with Crippen molar-refractivity contribution >= 4 is 40.4 Å². The minimum Gasteiger partial charge on any atom is -0.465 e. The first-order valence-electron chi connectivity index (χ1n) is 7.10. The summed E-state index contributed by atoms with van der Waals surface area (Å²) >= 11 is 1.32. The van der Waals surface area contributed by atoms with Gasteiger partial charge in [0, 0.05) is 13.0 Å². The molecule has 2 heterocycles. The van der Waals surface area contributed by atoms with Gasteiger partial charge in [0.25, 0.3) is 0 Å². The summed E-state index contributed by atoms with van der Waals surface area (Å²) in [4.78, 5) is 41.9. The van der Waals surface area contributed by atoms with Gasteiger partial charge in [0.15, 0.2) is 5.17 Å². The maximum atomic E-state index is 12.2. The first kappa shape index (κ1) is 15.5. The lowest BCUT2D eigenvalue weighted by molar-refractivity contribution is -0.127. The average Bonchev–Trinajstić information content (AvgIpc) is 3.11. The smallest absolute Gasteiger partial charge is 0.339 e. The number of aliphatic imine (C=N–C) groups is 1. The number of esters is 1. The third kappa shape index (κ3) is 3.07. The number of nitrogens with zero attached hydrogens (tertiary/aromatic N) is 2. The fraction of sp³-hybridized carbons (Fsp3) is 0.333. The van der Waals surface area contributed by atoms with Gasteiger partial charge in [-0.15, -0.1) is 0 Å². The van der Waals surface area contributed by atoms with Crippen LogP contribution in [0.25, 0.3) is 0 Å². The summed E-state index contributed by atoms with van der Waals surface area (Å²) in [7, 11) is 1.28. The summed E-state index contributed by atoms with van der Waals surface area (Å²) in [5.41, 5.74) is 0.649. The largest absolute Gasteiger partial charge is 0.465 e. The standard InChI is InChI=1S/C15H15N3O4S/c1-22-14(21)9-4-2-3-5-10(9)17-12(19)8-11-13(20)18-7-6-16-15(18)23-11/h2-5,11H,6-8H2,1H3,(H,17,19)/t11-/m1/s1.